The SMILES string of the molecule is CCOc1cc(OCC)cc(C(=O)Nc2ccc(Cl)c(-c3nc4ccc(C(=O)OC)cc4[nH]3)c2)c1. The Morgan fingerprint density at radius 3 is 2.31 bits per heavy atom. The topological polar surface area (TPSA) is 103 Å². The van der Waals surface area contributed by atoms with E-state index in [-0.39, 0.29) is 5.91 Å². The fourth-order valence-electron chi connectivity index (χ4n) is 3.57. The lowest BCUT2D eigenvalue weighted by molar-refractivity contribution is 0.0600. The Balaban J connectivity index is 1.63. The Bertz CT molecular complexity index is 1380. The molecule has 0 atom stereocenters. The van der Waals surface area contributed by atoms with E-state index in [0.29, 0.717) is 69.0 Å². The molecule has 1 heterocycles. The largest absolute Gasteiger partial charge is 0.494 e. The number of nitrogens with one attached hydrogen (secondary N) is 2. The maximum Gasteiger partial charge on any atom is 0.337 e. The molecule has 1 amide bonds. The number of halogens is 1. The zero-order valence-electron chi connectivity index (χ0n) is 19.5. The number of rotatable bonds is 8. The van der Waals surface area contributed by atoms with Gasteiger partial charge in [-0.3, -0.25) is 4.79 Å². The van der Waals surface area contributed by atoms with E-state index in [1.807, 2.05) is 13.8 Å². The molecule has 0 bridgehead atoms. The van der Waals surface area contributed by atoms with Crippen molar-refractivity contribution in [2.45, 2.75) is 13.8 Å². The number of nitrogens with zero attached hydrogens (tertiary/aromatic N) is 1. The van der Waals surface area contributed by atoms with Gasteiger partial charge in [0.15, 0.2) is 0 Å². The Kier molecular flexibility index (Phi) is 7.22. The van der Waals surface area contributed by atoms with E-state index in [9.17, 15) is 9.59 Å². The Labute approximate surface area is 207 Å². The minimum absolute atomic E-state index is 0.326. The fraction of sp³-hybridized carbons (Fsp3) is 0.192. The van der Waals surface area contributed by atoms with E-state index in [0.717, 1.165) is 0 Å². The van der Waals surface area contributed by atoms with Gasteiger partial charge in [0.1, 0.15) is 17.3 Å². The van der Waals surface area contributed by atoms with Crippen molar-refractivity contribution < 1.29 is 23.8 Å². The molecule has 0 aliphatic heterocycles. The number of H-pyrrole nitrogens is 1. The number of anilines is 1. The van der Waals surface area contributed by atoms with E-state index in [2.05, 4.69) is 15.3 Å². The molecule has 0 aliphatic carbocycles. The van der Waals surface area contributed by atoms with Gasteiger partial charge in [-0.2, -0.15) is 0 Å². The zero-order chi connectivity index (χ0) is 24.9. The van der Waals surface area contributed by atoms with Gasteiger partial charge in [-0.05, 0) is 62.4 Å². The fourth-order valence-corrected chi connectivity index (χ4v) is 3.78. The number of carbonyl (C=O) groups excluding carboxylic acids is 2. The first-order valence-corrected chi connectivity index (χ1v) is 11.4. The van der Waals surface area contributed by atoms with E-state index >= 15 is 0 Å². The number of aromatic nitrogens is 2. The third kappa shape index (κ3) is 5.38. The van der Waals surface area contributed by atoms with Crippen LogP contribution in [0.15, 0.2) is 54.6 Å². The van der Waals surface area contributed by atoms with Crippen LogP contribution in [0.25, 0.3) is 22.4 Å². The van der Waals surface area contributed by atoms with Crippen molar-refractivity contribution in [1.29, 1.82) is 0 Å². The van der Waals surface area contributed by atoms with Gasteiger partial charge < -0.3 is 24.5 Å². The van der Waals surface area contributed by atoms with Gasteiger partial charge in [-0.1, -0.05) is 11.6 Å². The van der Waals surface area contributed by atoms with Crippen molar-refractivity contribution >= 4 is 40.2 Å². The van der Waals surface area contributed by atoms with Crippen LogP contribution in [0, 0.1) is 0 Å². The van der Waals surface area contributed by atoms with Crippen LogP contribution in [0.4, 0.5) is 5.69 Å². The summed E-state index contributed by atoms with van der Waals surface area (Å²) in [6, 6.07) is 15.2. The van der Waals surface area contributed by atoms with Crippen LogP contribution in [0.2, 0.25) is 5.02 Å². The second-order valence-corrected chi connectivity index (χ2v) is 7.92. The quantitative estimate of drug-likeness (QED) is 0.304. The average Bonchev–Trinajstić information content (AvgIpc) is 3.28. The summed E-state index contributed by atoms with van der Waals surface area (Å²) in [6.45, 7) is 4.68. The summed E-state index contributed by atoms with van der Waals surface area (Å²) >= 11 is 6.45. The summed E-state index contributed by atoms with van der Waals surface area (Å²) in [6.07, 6.45) is 0. The van der Waals surface area contributed by atoms with E-state index in [1.54, 1.807) is 54.6 Å². The Morgan fingerprint density at radius 2 is 1.66 bits per heavy atom. The summed E-state index contributed by atoms with van der Waals surface area (Å²) < 4.78 is 15.9. The number of benzene rings is 3. The monoisotopic (exact) mass is 493 g/mol. The maximum absolute atomic E-state index is 13.0. The molecule has 8 nitrogen and oxygen atoms in total. The van der Waals surface area contributed by atoms with Crippen LogP contribution in [0.3, 0.4) is 0 Å². The molecule has 35 heavy (non-hydrogen) atoms. The summed E-state index contributed by atoms with van der Waals surface area (Å²) in [5.41, 5.74) is 3.25. The lowest BCUT2D eigenvalue weighted by Crippen LogP contribution is -2.12. The number of ether oxygens (including phenoxy) is 3. The smallest absolute Gasteiger partial charge is 0.337 e. The van der Waals surface area contributed by atoms with E-state index in [4.69, 9.17) is 25.8 Å². The third-order valence-electron chi connectivity index (χ3n) is 5.15. The molecule has 3 aromatic carbocycles. The van der Waals surface area contributed by atoms with Crippen LogP contribution >= 0.6 is 11.6 Å². The molecular weight excluding hydrogens is 470 g/mol. The standard InChI is InChI=1S/C26H24ClN3O5/c1-4-34-18-10-16(11-19(14-18)35-5-2)25(31)28-17-7-8-21(27)20(13-17)24-29-22-9-6-15(26(32)33-3)12-23(22)30-24/h6-14H,4-5H2,1-3H3,(H,28,31)(H,29,30). The highest BCUT2D eigenvalue weighted by Crippen LogP contribution is 2.31. The molecule has 0 fully saturated rings. The molecule has 0 aliphatic rings. The lowest BCUT2D eigenvalue weighted by Gasteiger charge is -2.12. The highest BCUT2D eigenvalue weighted by atomic mass is 35.5. The second-order valence-electron chi connectivity index (χ2n) is 7.52. The van der Waals surface area contributed by atoms with Crippen molar-refractivity contribution in [3.63, 3.8) is 0 Å². The van der Waals surface area contributed by atoms with Gasteiger partial charge in [-0.25, -0.2) is 9.78 Å². The minimum atomic E-state index is -0.438. The van der Waals surface area contributed by atoms with E-state index < -0.39 is 5.97 Å². The summed E-state index contributed by atoms with van der Waals surface area (Å²) in [4.78, 5) is 32.6. The van der Waals surface area contributed by atoms with Crippen LogP contribution < -0.4 is 14.8 Å². The van der Waals surface area contributed by atoms with Gasteiger partial charge in [0, 0.05) is 22.9 Å². The number of fused-ring (bicyclic) bond motifs is 1. The Hall–Kier alpha value is -4.04. The van der Waals surface area contributed by atoms with E-state index in [1.165, 1.54) is 7.11 Å². The predicted molar refractivity (Wildman–Crippen MR) is 135 cm³/mol. The number of hydrogen-bond donors (Lipinski definition) is 2. The van der Waals surface area contributed by atoms with Crippen molar-refractivity contribution in [2.24, 2.45) is 0 Å². The maximum atomic E-state index is 13.0. The first-order valence-electron chi connectivity index (χ1n) is 11.0. The molecule has 9 heteroatoms. The first kappa shape index (κ1) is 24.1. The van der Waals surface area contributed by atoms with Crippen molar-refractivity contribution in [2.75, 3.05) is 25.6 Å². The second kappa shape index (κ2) is 10.5. The Morgan fingerprint density at radius 1 is 0.943 bits per heavy atom. The van der Waals surface area contributed by atoms with Gasteiger partial charge >= 0.3 is 5.97 Å². The van der Waals surface area contributed by atoms with Crippen molar-refractivity contribution in [3.8, 4) is 22.9 Å². The highest BCUT2D eigenvalue weighted by Gasteiger charge is 2.15. The number of amides is 1. The van der Waals surface area contributed by atoms with Crippen molar-refractivity contribution in [1.82, 2.24) is 9.97 Å². The third-order valence-corrected chi connectivity index (χ3v) is 5.48. The molecule has 4 rings (SSSR count). The first-order chi connectivity index (χ1) is 16.9. The highest BCUT2D eigenvalue weighted by molar-refractivity contribution is 6.33. The molecular formula is C26H24ClN3O5. The minimum Gasteiger partial charge on any atom is -0.494 e. The molecule has 0 radical (unpaired) electrons. The molecule has 0 saturated heterocycles. The van der Waals surface area contributed by atoms with Crippen LogP contribution in [-0.2, 0) is 4.74 Å². The molecule has 1 aromatic heterocycles. The number of carbonyl (C=O) groups is 2. The number of imidazole rings is 1. The normalized spacial score (nSPS) is 10.7. The van der Waals surface area contributed by atoms with Gasteiger partial charge in [0.05, 0.1) is 41.9 Å². The number of aromatic amines is 1. The molecule has 180 valence electrons. The number of esters is 1. The van der Waals surface area contributed by atoms with Crippen LogP contribution in [0.5, 0.6) is 11.5 Å². The summed E-state index contributed by atoms with van der Waals surface area (Å²) in [5.74, 6) is 0.836. The number of methoxy groups -OCH3 is 1. The average molecular weight is 494 g/mol. The summed E-state index contributed by atoms with van der Waals surface area (Å²) in [7, 11) is 1.33. The molecule has 2 N–H and O–H groups in total. The molecule has 4 aromatic rings. The van der Waals surface area contributed by atoms with Gasteiger partial charge in [-0.15, -0.1) is 0 Å². The molecule has 0 saturated carbocycles. The van der Waals surface area contributed by atoms with Crippen LogP contribution in [-0.4, -0.2) is 42.2 Å². The van der Waals surface area contributed by atoms with Crippen molar-refractivity contribution in [3.05, 3.63) is 70.7 Å². The molecule has 0 unspecified atom stereocenters. The molecule has 0 spiro atoms. The summed E-state index contributed by atoms with van der Waals surface area (Å²) in [5, 5.41) is 3.34. The van der Waals surface area contributed by atoms with Crippen LogP contribution in [0.1, 0.15) is 34.6 Å². The zero-order valence-corrected chi connectivity index (χ0v) is 20.2. The lowest BCUT2D eigenvalue weighted by atomic mass is 10.1. The van der Waals surface area contributed by atoms with Gasteiger partial charge in [0.2, 0.25) is 0 Å². The predicted octanol–water partition coefficient (Wildman–Crippen LogP) is 5.72. The number of hydrogen-bond acceptors (Lipinski definition) is 6. The van der Waals surface area contributed by atoms with Gasteiger partial charge in [0.25, 0.3) is 5.91 Å².